The van der Waals surface area contributed by atoms with E-state index >= 15 is 0 Å². The van der Waals surface area contributed by atoms with Gasteiger partial charge in [0.1, 0.15) is 0 Å². The lowest BCUT2D eigenvalue weighted by Crippen LogP contribution is -2.49. The molecule has 0 aliphatic heterocycles. The SMILES string of the molecule is CC(C)=CCC/C(C)=C/CC/C(C)=C/CNc1cccc(C(=O)N[C@@H](Cc2ccccc2)[C@H](O)CNC2CC2)c1. The number of aliphatic hydroxyl groups is 1. The smallest absolute Gasteiger partial charge is 0.251 e. The Bertz CT molecular complexity index is 1140. The van der Waals surface area contributed by atoms with E-state index in [1.54, 1.807) is 0 Å². The van der Waals surface area contributed by atoms with Crippen molar-refractivity contribution in [2.24, 2.45) is 0 Å². The normalized spacial score (nSPS) is 15.3. The molecule has 5 heteroatoms. The predicted molar refractivity (Wildman–Crippen MR) is 169 cm³/mol. The summed E-state index contributed by atoms with van der Waals surface area (Å²) in [4.78, 5) is 13.2. The zero-order chi connectivity index (χ0) is 28.7. The third kappa shape index (κ3) is 12.4. The van der Waals surface area contributed by atoms with Crippen molar-refractivity contribution in [2.75, 3.05) is 18.4 Å². The molecule has 2 atom stereocenters. The van der Waals surface area contributed by atoms with Crippen molar-refractivity contribution >= 4 is 11.6 Å². The molecule has 1 amide bonds. The van der Waals surface area contributed by atoms with Crippen molar-refractivity contribution in [2.45, 2.75) is 90.8 Å². The second kappa shape index (κ2) is 16.8. The summed E-state index contributed by atoms with van der Waals surface area (Å²) in [5, 5.41) is 20.8. The van der Waals surface area contributed by atoms with Crippen molar-refractivity contribution in [1.82, 2.24) is 10.6 Å². The Hall–Kier alpha value is -3.15. The van der Waals surface area contributed by atoms with E-state index in [1.165, 1.54) is 16.7 Å². The zero-order valence-electron chi connectivity index (χ0n) is 24.9. The van der Waals surface area contributed by atoms with Crippen LogP contribution in [-0.4, -0.2) is 42.3 Å². The van der Waals surface area contributed by atoms with Crippen LogP contribution in [-0.2, 0) is 6.42 Å². The van der Waals surface area contributed by atoms with E-state index in [1.807, 2.05) is 54.6 Å². The number of rotatable bonds is 17. The van der Waals surface area contributed by atoms with Crippen LogP contribution in [0.2, 0.25) is 0 Å². The number of hydrogen-bond donors (Lipinski definition) is 4. The summed E-state index contributed by atoms with van der Waals surface area (Å²) >= 11 is 0. The Morgan fingerprint density at radius 2 is 1.62 bits per heavy atom. The van der Waals surface area contributed by atoms with E-state index in [0.717, 1.165) is 49.8 Å². The molecule has 2 aromatic carbocycles. The van der Waals surface area contributed by atoms with Crippen LogP contribution >= 0.6 is 0 Å². The highest BCUT2D eigenvalue weighted by molar-refractivity contribution is 5.95. The molecule has 1 aliphatic carbocycles. The van der Waals surface area contributed by atoms with E-state index in [2.05, 4.69) is 61.9 Å². The van der Waals surface area contributed by atoms with E-state index in [9.17, 15) is 9.90 Å². The second-order valence-corrected chi connectivity index (χ2v) is 11.4. The van der Waals surface area contributed by atoms with Gasteiger partial charge in [-0.05, 0) is 96.4 Å². The molecule has 2 aromatic rings. The number of carbonyl (C=O) groups excluding carboxylic acids is 1. The van der Waals surface area contributed by atoms with Gasteiger partial charge in [-0.2, -0.15) is 0 Å². The molecule has 5 nitrogen and oxygen atoms in total. The lowest BCUT2D eigenvalue weighted by atomic mass is 10.0. The highest BCUT2D eigenvalue weighted by atomic mass is 16.3. The van der Waals surface area contributed by atoms with E-state index in [0.29, 0.717) is 31.1 Å². The monoisotopic (exact) mass is 543 g/mol. The second-order valence-electron chi connectivity index (χ2n) is 11.4. The summed E-state index contributed by atoms with van der Waals surface area (Å²) in [6.07, 6.45) is 13.4. The maximum atomic E-state index is 13.2. The number of carbonyl (C=O) groups is 1. The van der Waals surface area contributed by atoms with Crippen molar-refractivity contribution in [1.29, 1.82) is 0 Å². The van der Waals surface area contributed by atoms with Gasteiger partial charge in [0.2, 0.25) is 0 Å². The minimum Gasteiger partial charge on any atom is -0.390 e. The van der Waals surface area contributed by atoms with Gasteiger partial charge in [0.25, 0.3) is 5.91 Å². The highest BCUT2D eigenvalue weighted by Crippen LogP contribution is 2.19. The Balaban J connectivity index is 1.50. The molecule has 0 bridgehead atoms. The van der Waals surface area contributed by atoms with Gasteiger partial charge in [-0.1, -0.05) is 71.3 Å². The first-order chi connectivity index (χ1) is 19.3. The zero-order valence-corrected chi connectivity index (χ0v) is 24.9. The fourth-order valence-corrected chi connectivity index (χ4v) is 4.57. The average Bonchev–Trinajstić information content (AvgIpc) is 3.76. The molecule has 1 fully saturated rings. The van der Waals surface area contributed by atoms with Crippen LogP contribution in [0.1, 0.15) is 82.1 Å². The minimum atomic E-state index is -0.671. The third-order valence-corrected chi connectivity index (χ3v) is 7.28. The van der Waals surface area contributed by atoms with Crippen LogP contribution in [0.25, 0.3) is 0 Å². The summed E-state index contributed by atoms with van der Waals surface area (Å²) in [6, 6.07) is 17.7. The molecule has 3 rings (SSSR count). The number of allylic oxidation sites excluding steroid dienone is 5. The fraction of sp³-hybridized carbons (Fsp3) is 0.457. The quantitative estimate of drug-likeness (QED) is 0.163. The van der Waals surface area contributed by atoms with Crippen LogP contribution in [0.15, 0.2) is 89.5 Å². The predicted octanol–water partition coefficient (Wildman–Crippen LogP) is 6.97. The molecule has 0 heterocycles. The number of anilines is 1. The van der Waals surface area contributed by atoms with Crippen LogP contribution in [0, 0.1) is 0 Å². The summed E-state index contributed by atoms with van der Waals surface area (Å²) in [5.41, 5.74) is 6.77. The first kappa shape index (κ1) is 31.4. The van der Waals surface area contributed by atoms with Gasteiger partial charge in [-0.25, -0.2) is 0 Å². The van der Waals surface area contributed by atoms with Crippen LogP contribution in [0.4, 0.5) is 5.69 Å². The molecule has 0 unspecified atom stereocenters. The topological polar surface area (TPSA) is 73.4 Å². The largest absolute Gasteiger partial charge is 0.390 e. The van der Waals surface area contributed by atoms with Crippen LogP contribution in [0.5, 0.6) is 0 Å². The van der Waals surface area contributed by atoms with Crippen molar-refractivity contribution in [3.63, 3.8) is 0 Å². The molecule has 4 N–H and O–H groups in total. The summed E-state index contributed by atoms with van der Waals surface area (Å²) < 4.78 is 0. The molecule has 0 radical (unpaired) electrons. The van der Waals surface area contributed by atoms with Gasteiger partial charge in [0.05, 0.1) is 12.1 Å². The van der Waals surface area contributed by atoms with Crippen molar-refractivity contribution in [3.05, 3.63) is 101 Å². The number of amides is 1. The molecule has 40 heavy (non-hydrogen) atoms. The number of hydrogen-bond acceptors (Lipinski definition) is 4. The van der Waals surface area contributed by atoms with Crippen molar-refractivity contribution in [3.8, 4) is 0 Å². The van der Waals surface area contributed by atoms with Gasteiger partial charge >= 0.3 is 0 Å². The molecule has 1 saturated carbocycles. The molecule has 0 aromatic heterocycles. The summed E-state index contributed by atoms with van der Waals surface area (Å²) in [6.45, 7) is 9.88. The van der Waals surface area contributed by atoms with E-state index < -0.39 is 6.10 Å². The van der Waals surface area contributed by atoms with Crippen molar-refractivity contribution < 1.29 is 9.90 Å². The third-order valence-electron chi connectivity index (χ3n) is 7.28. The van der Waals surface area contributed by atoms with Crippen LogP contribution < -0.4 is 16.0 Å². The molecule has 0 spiro atoms. The minimum absolute atomic E-state index is 0.173. The van der Waals surface area contributed by atoms with Gasteiger partial charge < -0.3 is 21.1 Å². The van der Waals surface area contributed by atoms with Gasteiger partial charge in [-0.3, -0.25) is 4.79 Å². The first-order valence-corrected chi connectivity index (χ1v) is 14.8. The first-order valence-electron chi connectivity index (χ1n) is 14.8. The molecule has 0 saturated heterocycles. The van der Waals surface area contributed by atoms with Gasteiger partial charge in [0, 0.05) is 30.4 Å². The van der Waals surface area contributed by atoms with Crippen LogP contribution in [0.3, 0.4) is 0 Å². The summed E-state index contributed by atoms with van der Waals surface area (Å²) in [7, 11) is 0. The molecule has 1 aliphatic rings. The lowest BCUT2D eigenvalue weighted by molar-refractivity contribution is 0.0830. The Kier molecular flexibility index (Phi) is 13.2. The van der Waals surface area contributed by atoms with Gasteiger partial charge in [-0.15, -0.1) is 0 Å². The van der Waals surface area contributed by atoms with E-state index in [4.69, 9.17) is 0 Å². The number of benzene rings is 2. The van der Waals surface area contributed by atoms with E-state index in [-0.39, 0.29) is 11.9 Å². The molecule has 216 valence electrons. The lowest BCUT2D eigenvalue weighted by Gasteiger charge is -2.25. The van der Waals surface area contributed by atoms with Gasteiger partial charge in [0.15, 0.2) is 0 Å². The molecular formula is C35H49N3O2. The maximum absolute atomic E-state index is 13.2. The standard InChI is InChI=1S/C35H49N3O2/c1-26(2)11-8-12-27(3)13-9-14-28(4)21-22-36-32-18-10-17-30(24-32)35(40)38-33(23-29-15-6-5-7-16-29)34(39)25-37-31-19-20-31/h5-7,10-11,13,15-18,21,24,31,33-34,36-37,39H,8-9,12,14,19-20,22-23,25H2,1-4H3,(H,38,40)/b27-13+,28-21+/t33-,34+/m0/s1. The highest BCUT2D eigenvalue weighted by Gasteiger charge is 2.26. The average molecular weight is 544 g/mol. The fourth-order valence-electron chi connectivity index (χ4n) is 4.57. The summed E-state index contributed by atoms with van der Waals surface area (Å²) in [5.74, 6) is -0.173. The molecular weight excluding hydrogens is 494 g/mol. The Labute approximate surface area is 241 Å². The maximum Gasteiger partial charge on any atom is 0.251 e. The Morgan fingerprint density at radius 1 is 0.925 bits per heavy atom. The Morgan fingerprint density at radius 3 is 2.33 bits per heavy atom. The number of nitrogens with one attached hydrogen (secondary N) is 3. The number of aliphatic hydroxyl groups excluding tert-OH is 1.